The van der Waals surface area contributed by atoms with Crippen molar-refractivity contribution < 1.29 is 22.7 Å². The Morgan fingerprint density at radius 3 is 2.31 bits per heavy atom. The smallest absolute Gasteiger partial charge is 0.264 e. The highest BCUT2D eigenvalue weighted by Gasteiger charge is 2.33. The fraction of sp³-hybridized carbons (Fsp3) is 0.310. The number of benzene rings is 3. The topological polar surface area (TPSA) is 96.0 Å². The van der Waals surface area contributed by atoms with Gasteiger partial charge in [-0.3, -0.25) is 13.9 Å². The van der Waals surface area contributed by atoms with Gasteiger partial charge in [-0.15, -0.1) is 0 Å². The first-order chi connectivity index (χ1) is 18.6. The minimum atomic E-state index is -4.13. The number of carbonyl (C=O) groups is 2. The molecule has 0 aliphatic carbocycles. The van der Waals surface area contributed by atoms with Crippen LogP contribution in [0.4, 0.5) is 5.69 Å². The summed E-state index contributed by atoms with van der Waals surface area (Å²) in [6.07, 6.45) is 0.733. The van der Waals surface area contributed by atoms with Gasteiger partial charge < -0.3 is 15.0 Å². The second kappa shape index (κ2) is 13.6. The van der Waals surface area contributed by atoms with E-state index in [0.717, 1.165) is 20.8 Å². The summed E-state index contributed by atoms with van der Waals surface area (Å²) < 4.78 is 34.8. The number of nitrogens with zero attached hydrogens (tertiary/aromatic N) is 2. The van der Waals surface area contributed by atoms with Crippen LogP contribution >= 0.6 is 15.9 Å². The molecule has 3 rings (SSSR count). The van der Waals surface area contributed by atoms with Gasteiger partial charge in [-0.05, 0) is 62.2 Å². The lowest BCUT2D eigenvalue weighted by atomic mass is 10.1. The van der Waals surface area contributed by atoms with Crippen molar-refractivity contribution in [2.75, 3.05) is 18.0 Å². The number of rotatable bonds is 12. The van der Waals surface area contributed by atoms with E-state index in [-0.39, 0.29) is 29.1 Å². The van der Waals surface area contributed by atoms with Crippen LogP contribution in [0.1, 0.15) is 32.8 Å². The zero-order chi connectivity index (χ0) is 28.6. The molecule has 0 saturated heterocycles. The summed E-state index contributed by atoms with van der Waals surface area (Å²) >= 11 is 3.45. The highest BCUT2D eigenvalue weighted by Crippen LogP contribution is 2.27. The molecule has 2 amide bonds. The number of sulfonamides is 1. The lowest BCUT2D eigenvalue weighted by Gasteiger charge is -2.32. The molecule has 0 aliphatic heterocycles. The summed E-state index contributed by atoms with van der Waals surface area (Å²) in [6.45, 7) is 5.10. The molecule has 3 aromatic carbocycles. The second-order valence-corrected chi connectivity index (χ2v) is 11.9. The van der Waals surface area contributed by atoms with Crippen LogP contribution in [0.2, 0.25) is 0 Å². The normalized spacial score (nSPS) is 12.7. The van der Waals surface area contributed by atoms with E-state index in [4.69, 9.17) is 4.74 Å². The highest BCUT2D eigenvalue weighted by molar-refractivity contribution is 9.10. The van der Waals surface area contributed by atoms with Crippen LogP contribution < -0.4 is 14.4 Å². The quantitative estimate of drug-likeness (QED) is 0.310. The molecule has 0 radical (unpaired) electrons. The molecule has 8 nitrogen and oxygen atoms in total. The summed E-state index contributed by atoms with van der Waals surface area (Å²) in [5.41, 5.74) is 1.06. The van der Waals surface area contributed by atoms with Crippen LogP contribution in [0.15, 0.2) is 88.2 Å². The maximum atomic E-state index is 13.9. The largest absolute Gasteiger partial charge is 0.497 e. The molecule has 3 aromatic rings. The van der Waals surface area contributed by atoms with Crippen molar-refractivity contribution in [1.82, 2.24) is 10.2 Å². The fourth-order valence-electron chi connectivity index (χ4n) is 3.89. The predicted molar refractivity (Wildman–Crippen MR) is 156 cm³/mol. The Kier molecular flexibility index (Phi) is 10.5. The van der Waals surface area contributed by atoms with Gasteiger partial charge in [0.05, 0.1) is 17.7 Å². The third-order valence-electron chi connectivity index (χ3n) is 6.36. The van der Waals surface area contributed by atoms with Gasteiger partial charge in [0.25, 0.3) is 10.0 Å². The average molecular weight is 617 g/mol. The molecule has 0 aromatic heterocycles. The number of amides is 2. The summed E-state index contributed by atoms with van der Waals surface area (Å²) in [5, 5.41) is 2.93. The van der Waals surface area contributed by atoms with Gasteiger partial charge in [0.2, 0.25) is 11.8 Å². The van der Waals surface area contributed by atoms with E-state index in [1.165, 1.54) is 24.1 Å². The van der Waals surface area contributed by atoms with Crippen LogP contribution in [0.3, 0.4) is 0 Å². The van der Waals surface area contributed by atoms with Crippen molar-refractivity contribution in [2.45, 2.75) is 50.7 Å². The molecule has 0 bridgehead atoms. The van der Waals surface area contributed by atoms with Gasteiger partial charge in [-0.2, -0.15) is 0 Å². The lowest BCUT2D eigenvalue weighted by molar-refractivity contribution is -0.139. The molecule has 2 atom stereocenters. The first-order valence-electron chi connectivity index (χ1n) is 12.6. The zero-order valence-electron chi connectivity index (χ0n) is 22.5. The monoisotopic (exact) mass is 615 g/mol. The minimum absolute atomic E-state index is 0.0433. The average Bonchev–Trinajstić information content (AvgIpc) is 2.94. The SMILES string of the molecule is CC[C@@H](C)NC(=O)[C@H](C)N(Cc1cccc(Br)c1)C(=O)CN(c1cccc(OC)c1)S(=O)(=O)c1ccccc1. The number of hydrogen-bond donors (Lipinski definition) is 1. The number of hydrogen-bond acceptors (Lipinski definition) is 5. The Labute approximate surface area is 239 Å². The van der Waals surface area contributed by atoms with Crippen molar-refractivity contribution in [1.29, 1.82) is 0 Å². The Bertz CT molecular complexity index is 1380. The molecular weight excluding hydrogens is 582 g/mol. The third-order valence-corrected chi connectivity index (χ3v) is 8.64. The standard InChI is InChI=1S/C29H34BrN3O5S/c1-5-21(2)31-29(35)22(3)32(19-23-11-9-12-24(30)17-23)28(34)20-33(25-13-10-14-26(18-25)38-4)39(36,37)27-15-7-6-8-16-27/h6-18,21-22H,5,19-20H2,1-4H3,(H,31,35)/t21-,22+/m1/s1. The summed E-state index contributed by atoms with van der Waals surface area (Å²) in [6, 6.07) is 20.9. The highest BCUT2D eigenvalue weighted by atomic mass is 79.9. The molecule has 208 valence electrons. The molecule has 0 heterocycles. The molecule has 0 aliphatic rings. The molecular formula is C29H34BrN3O5S. The Balaban J connectivity index is 2.03. The van der Waals surface area contributed by atoms with Gasteiger partial charge in [-0.25, -0.2) is 8.42 Å². The summed E-state index contributed by atoms with van der Waals surface area (Å²) in [4.78, 5) is 28.5. The first-order valence-corrected chi connectivity index (χ1v) is 14.9. The Hall–Kier alpha value is -3.37. The number of anilines is 1. The Morgan fingerprint density at radius 2 is 1.67 bits per heavy atom. The van der Waals surface area contributed by atoms with E-state index in [9.17, 15) is 18.0 Å². The molecule has 0 fully saturated rings. The van der Waals surface area contributed by atoms with Crippen LogP contribution in [-0.4, -0.2) is 50.9 Å². The molecule has 1 N–H and O–H groups in total. The second-order valence-electron chi connectivity index (χ2n) is 9.17. The van der Waals surface area contributed by atoms with Gasteiger partial charge in [0.1, 0.15) is 18.3 Å². The summed E-state index contributed by atoms with van der Waals surface area (Å²) in [5.74, 6) is -0.392. The van der Waals surface area contributed by atoms with Crippen molar-refractivity contribution in [3.05, 3.63) is 88.9 Å². The number of nitrogens with one attached hydrogen (secondary N) is 1. The molecule has 0 unspecified atom stereocenters. The van der Waals surface area contributed by atoms with E-state index >= 15 is 0 Å². The van der Waals surface area contributed by atoms with Gasteiger partial charge >= 0.3 is 0 Å². The van der Waals surface area contributed by atoms with Crippen molar-refractivity contribution in [3.63, 3.8) is 0 Å². The molecule has 10 heteroatoms. The predicted octanol–water partition coefficient (Wildman–Crippen LogP) is 4.99. The number of halogens is 1. The van der Waals surface area contributed by atoms with Gasteiger partial charge in [0.15, 0.2) is 0 Å². The maximum Gasteiger partial charge on any atom is 0.264 e. The lowest BCUT2D eigenvalue weighted by Crippen LogP contribution is -2.52. The van der Waals surface area contributed by atoms with Gasteiger partial charge in [0, 0.05) is 23.1 Å². The Morgan fingerprint density at radius 1 is 0.974 bits per heavy atom. The van der Waals surface area contributed by atoms with Crippen molar-refractivity contribution >= 4 is 43.5 Å². The zero-order valence-corrected chi connectivity index (χ0v) is 24.9. The van der Waals surface area contributed by atoms with E-state index in [1.807, 2.05) is 38.1 Å². The maximum absolute atomic E-state index is 13.9. The van der Waals surface area contributed by atoms with Crippen LogP contribution in [0.25, 0.3) is 0 Å². The third kappa shape index (κ3) is 7.83. The van der Waals surface area contributed by atoms with Crippen LogP contribution in [-0.2, 0) is 26.2 Å². The summed E-state index contributed by atoms with van der Waals surface area (Å²) in [7, 11) is -2.65. The van der Waals surface area contributed by atoms with E-state index < -0.39 is 28.5 Å². The molecule has 0 saturated carbocycles. The molecule has 0 spiro atoms. The van der Waals surface area contributed by atoms with Crippen LogP contribution in [0.5, 0.6) is 5.75 Å². The first kappa shape index (κ1) is 30.2. The molecule has 39 heavy (non-hydrogen) atoms. The van der Waals surface area contributed by atoms with Crippen molar-refractivity contribution in [3.8, 4) is 5.75 Å². The fourth-order valence-corrected chi connectivity index (χ4v) is 5.77. The van der Waals surface area contributed by atoms with Gasteiger partial charge in [-0.1, -0.05) is 59.3 Å². The number of ether oxygens (including phenoxy) is 1. The van der Waals surface area contributed by atoms with E-state index in [2.05, 4.69) is 21.2 Å². The van der Waals surface area contributed by atoms with E-state index in [0.29, 0.717) is 5.75 Å². The van der Waals surface area contributed by atoms with Crippen LogP contribution in [0, 0.1) is 0 Å². The minimum Gasteiger partial charge on any atom is -0.497 e. The van der Waals surface area contributed by atoms with E-state index in [1.54, 1.807) is 49.4 Å². The number of carbonyl (C=O) groups excluding carboxylic acids is 2. The van der Waals surface area contributed by atoms with Crippen molar-refractivity contribution in [2.24, 2.45) is 0 Å². The number of methoxy groups -OCH3 is 1.